The molecule has 0 aromatic carbocycles. The van der Waals surface area contributed by atoms with Gasteiger partial charge in [0, 0.05) is 19.1 Å². The van der Waals surface area contributed by atoms with Gasteiger partial charge in [0.2, 0.25) is 5.91 Å². The van der Waals surface area contributed by atoms with Gasteiger partial charge in [-0.25, -0.2) is 0 Å². The first-order valence-corrected chi connectivity index (χ1v) is 7.91. The van der Waals surface area contributed by atoms with Crippen molar-refractivity contribution >= 4 is 5.91 Å². The molecule has 19 heavy (non-hydrogen) atoms. The quantitative estimate of drug-likeness (QED) is 0.736. The first kappa shape index (κ1) is 14.8. The van der Waals surface area contributed by atoms with Crippen LogP contribution in [-0.4, -0.2) is 48.2 Å². The van der Waals surface area contributed by atoms with Crippen molar-refractivity contribution in [3.05, 3.63) is 0 Å². The van der Waals surface area contributed by atoms with Gasteiger partial charge < -0.3 is 10.4 Å². The zero-order valence-corrected chi connectivity index (χ0v) is 11.9. The molecule has 2 aliphatic rings. The summed E-state index contributed by atoms with van der Waals surface area (Å²) in [6.07, 6.45) is 10.0. The topological polar surface area (TPSA) is 52.6 Å². The molecule has 0 aliphatic heterocycles. The molecular weight excluding hydrogens is 240 g/mol. The number of nitrogens with one attached hydrogen (secondary N) is 1. The summed E-state index contributed by atoms with van der Waals surface area (Å²) in [4.78, 5) is 14.2. The molecule has 4 nitrogen and oxygen atoms in total. The third kappa shape index (κ3) is 4.77. The van der Waals surface area contributed by atoms with Gasteiger partial charge in [-0.3, -0.25) is 9.69 Å². The Morgan fingerprint density at radius 3 is 2.42 bits per heavy atom. The Kier molecular flexibility index (Phi) is 6.11. The summed E-state index contributed by atoms with van der Waals surface area (Å²) in [5.74, 6) is 0.843. The molecule has 0 unspecified atom stereocenters. The molecule has 0 atom stereocenters. The average molecular weight is 268 g/mol. The Bertz CT molecular complexity index is 273. The van der Waals surface area contributed by atoms with E-state index in [4.69, 9.17) is 0 Å². The lowest BCUT2D eigenvalue weighted by Crippen LogP contribution is -2.46. The van der Waals surface area contributed by atoms with E-state index in [9.17, 15) is 9.90 Å². The summed E-state index contributed by atoms with van der Waals surface area (Å²) < 4.78 is 0. The highest BCUT2D eigenvalue weighted by molar-refractivity contribution is 5.78. The van der Waals surface area contributed by atoms with Gasteiger partial charge in [-0.15, -0.1) is 0 Å². The summed E-state index contributed by atoms with van der Waals surface area (Å²) in [5.41, 5.74) is 0. The van der Waals surface area contributed by atoms with Crippen LogP contribution in [-0.2, 0) is 4.79 Å². The number of hydrogen-bond donors (Lipinski definition) is 2. The number of hydrogen-bond acceptors (Lipinski definition) is 3. The summed E-state index contributed by atoms with van der Waals surface area (Å²) in [6, 6.07) is 0.496. The molecule has 2 N–H and O–H groups in total. The molecular formula is C15H28N2O2. The number of aliphatic hydroxyl groups is 1. The molecule has 0 aromatic rings. The van der Waals surface area contributed by atoms with Gasteiger partial charge in [0.1, 0.15) is 0 Å². The minimum Gasteiger partial charge on any atom is -0.395 e. The van der Waals surface area contributed by atoms with Crippen LogP contribution in [0.15, 0.2) is 0 Å². The maximum Gasteiger partial charge on any atom is 0.234 e. The monoisotopic (exact) mass is 268 g/mol. The summed E-state index contributed by atoms with van der Waals surface area (Å²) >= 11 is 0. The second kappa shape index (κ2) is 7.85. The molecule has 2 aliphatic carbocycles. The van der Waals surface area contributed by atoms with Gasteiger partial charge in [0.25, 0.3) is 0 Å². The molecule has 0 spiro atoms. The predicted octanol–water partition coefficient (Wildman–Crippen LogP) is 1.53. The molecule has 0 aromatic heterocycles. The largest absolute Gasteiger partial charge is 0.395 e. The van der Waals surface area contributed by atoms with Crippen molar-refractivity contribution in [2.75, 3.05) is 26.2 Å². The Labute approximate surface area is 116 Å². The van der Waals surface area contributed by atoms with Crippen LogP contribution in [0, 0.1) is 5.92 Å². The predicted molar refractivity (Wildman–Crippen MR) is 75.9 cm³/mol. The summed E-state index contributed by atoms with van der Waals surface area (Å²) in [5, 5.41) is 12.2. The first-order valence-electron chi connectivity index (χ1n) is 7.91. The maximum atomic E-state index is 12.0. The molecule has 2 saturated carbocycles. The summed E-state index contributed by atoms with van der Waals surface area (Å²) in [7, 11) is 0. The van der Waals surface area contributed by atoms with E-state index in [0.29, 0.717) is 25.0 Å². The van der Waals surface area contributed by atoms with Crippen LogP contribution < -0.4 is 5.32 Å². The first-order chi connectivity index (χ1) is 9.29. The molecule has 0 radical (unpaired) electrons. The average Bonchev–Trinajstić information content (AvgIpc) is 2.37. The van der Waals surface area contributed by atoms with Crippen molar-refractivity contribution in [2.45, 2.75) is 57.4 Å². The van der Waals surface area contributed by atoms with E-state index in [0.717, 1.165) is 6.54 Å². The Morgan fingerprint density at radius 1 is 1.11 bits per heavy atom. The second-order valence-corrected chi connectivity index (χ2v) is 6.09. The van der Waals surface area contributed by atoms with Crippen molar-refractivity contribution in [3.8, 4) is 0 Å². The van der Waals surface area contributed by atoms with Crippen molar-refractivity contribution in [2.24, 2.45) is 5.92 Å². The zero-order chi connectivity index (χ0) is 13.5. The highest BCUT2D eigenvalue weighted by atomic mass is 16.3. The highest BCUT2D eigenvalue weighted by Gasteiger charge is 2.23. The van der Waals surface area contributed by atoms with Gasteiger partial charge in [-0.05, 0) is 31.6 Å². The van der Waals surface area contributed by atoms with E-state index in [1.165, 1.54) is 51.4 Å². The Morgan fingerprint density at radius 2 is 1.84 bits per heavy atom. The lowest BCUT2D eigenvalue weighted by molar-refractivity contribution is -0.123. The normalized spacial score (nSPS) is 21.4. The Hall–Kier alpha value is -0.610. The number of rotatable bonds is 7. The van der Waals surface area contributed by atoms with Gasteiger partial charge in [0.05, 0.1) is 13.2 Å². The van der Waals surface area contributed by atoms with Crippen LogP contribution in [0.5, 0.6) is 0 Å². The standard InChI is InChI=1S/C15H28N2O2/c18-10-9-17(14-7-2-1-3-8-14)12-15(19)16-11-13-5-4-6-13/h13-14,18H,1-12H2,(H,16,19). The maximum absolute atomic E-state index is 12.0. The van der Waals surface area contributed by atoms with E-state index < -0.39 is 0 Å². The third-order valence-electron chi connectivity index (χ3n) is 4.64. The van der Waals surface area contributed by atoms with E-state index in [1.807, 2.05) is 0 Å². The lowest BCUT2D eigenvalue weighted by atomic mass is 9.85. The van der Waals surface area contributed by atoms with E-state index in [1.54, 1.807) is 0 Å². The van der Waals surface area contributed by atoms with Crippen molar-refractivity contribution in [1.29, 1.82) is 0 Å². The number of carbonyl (C=O) groups excluding carboxylic acids is 1. The van der Waals surface area contributed by atoms with Gasteiger partial charge >= 0.3 is 0 Å². The lowest BCUT2D eigenvalue weighted by Gasteiger charge is -2.33. The minimum atomic E-state index is 0.130. The number of amides is 1. The fourth-order valence-electron chi connectivity index (χ4n) is 3.16. The van der Waals surface area contributed by atoms with Crippen LogP contribution in [0.1, 0.15) is 51.4 Å². The van der Waals surface area contributed by atoms with Crippen LogP contribution in [0.2, 0.25) is 0 Å². The smallest absolute Gasteiger partial charge is 0.234 e. The van der Waals surface area contributed by atoms with E-state index in [-0.39, 0.29) is 12.5 Å². The highest BCUT2D eigenvalue weighted by Crippen LogP contribution is 2.25. The number of nitrogens with zero attached hydrogens (tertiary/aromatic N) is 1. The number of carbonyl (C=O) groups is 1. The SMILES string of the molecule is O=C(CN(CCO)C1CCCCC1)NCC1CCC1. The molecule has 4 heteroatoms. The van der Waals surface area contributed by atoms with Crippen molar-refractivity contribution < 1.29 is 9.90 Å². The molecule has 0 saturated heterocycles. The molecule has 2 fully saturated rings. The number of aliphatic hydroxyl groups excluding tert-OH is 1. The zero-order valence-electron chi connectivity index (χ0n) is 11.9. The molecule has 0 heterocycles. The molecule has 0 bridgehead atoms. The Balaban J connectivity index is 1.72. The molecule has 2 rings (SSSR count). The van der Waals surface area contributed by atoms with E-state index in [2.05, 4.69) is 10.2 Å². The van der Waals surface area contributed by atoms with Gasteiger partial charge in [0.15, 0.2) is 0 Å². The third-order valence-corrected chi connectivity index (χ3v) is 4.64. The van der Waals surface area contributed by atoms with Crippen LogP contribution in [0.4, 0.5) is 0 Å². The van der Waals surface area contributed by atoms with Crippen molar-refractivity contribution in [3.63, 3.8) is 0 Å². The van der Waals surface area contributed by atoms with Crippen molar-refractivity contribution in [1.82, 2.24) is 10.2 Å². The summed E-state index contributed by atoms with van der Waals surface area (Å²) in [6.45, 7) is 2.07. The fraction of sp³-hybridized carbons (Fsp3) is 0.933. The van der Waals surface area contributed by atoms with Crippen LogP contribution in [0.25, 0.3) is 0 Å². The van der Waals surface area contributed by atoms with Crippen LogP contribution in [0.3, 0.4) is 0 Å². The molecule has 1 amide bonds. The molecule has 110 valence electrons. The second-order valence-electron chi connectivity index (χ2n) is 6.09. The van der Waals surface area contributed by atoms with Gasteiger partial charge in [-0.2, -0.15) is 0 Å². The van der Waals surface area contributed by atoms with Crippen LogP contribution >= 0.6 is 0 Å². The van der Waals surface area contributed by atoms with Gasteiger partial charge in [-0.1, -0.05) is 25.7 Å². The fourth-order valence-corrected chi connectivity index (χ4v) is 3.16. The minimum absolute atomic E-state index is 0.130. The van der Waals surface area contributed by atoms with E-state index >= 15 is 0 Å².